The Morgan fingerprint density at radius 2 is 1.89 bits per heavy atom. The molecular weight excluding hydrogens is 341 g/mol. The van der Waals surface area contributed by atoms with Gasteiger partial charge in [0.2, 0.25) is 0 Å². The van der Waals surface area contributed by atoms with Crippen molar-refractivity contribution in [1.29, 1.82) is 0 Å². The van der Waals surface area contributed by atoms with Crippen LogP contribution in [0.1, 0.15) is 44.0 Å². The zero-order valence-electron chi connectivity index (χ0n) is 15.9. The molecule has 4 nitrogen and oxygen atoms in total. The molecule has 1 aliphatic heterocycles. The first-order valence-electron chi connectivity index (χ1n) is 10.3. The molecule has 4 atom stereocenters. The van der Waals surface area contributed by atoms with Gasteiger partial charge in [-0.2, -0.15) is 0 Å². The quantitative estimate of drug-likeness (QED) is 0.809. The van der Waals surface area contributed by atoms with Gasteiger partial charge in [0, 0.05) is 31.5 Å². The predicted molar refractivity (Wildman–Crippen MR) is 102 cm³/mol. The first kappa shape index (κ1) is 17.2. The number of fused-ring (bicyclic) bond motifs is 1. The number of rotatable bonds is 4. The molecule has 0 spiro atoms. The minimum Gasteiger partial charge on any atom is -0.485 e. The summed E-state index contributed by atoms with van der Waals surface area (Å²) in [4.78, 5) is 7.14. The van der Waals surface area contributed by atoms with Crippen LogP contribution < -0.4 is 4.74 Å². The van der Waals surface area contributed by atoms with Crippen LogP contribution in [-0.2, 0) is 0 Å². The van der Waals surface area contributed by atoms with Crippen LogP contribution in [0, 0.1) is 24.6 Å². The Hall–Kier alpha value is -1.88. The summed E-state index contributed by atoms with van der Waals surface area (Å²) in [5.74, 6) is 2.47. The van der Waals surface area contributed by atoms with Gasteiger partial charge in [-0.05, 0) is 56.6 Å². The lowest BCUT2D eigenvalue weighted by Crippen LogP contribution is -2.40. The highest BCUT2D eigenvalue weighted by molar-refractivity contribution is 5.24. The Morgan fingerprint density at radius 1 is 1.11 bits per heavy atom. The number of imidazole rings is 1. The number of benzene rings is 1. The van der Waals surface area contributed by atoms with Gasteiger partial charge in [-0.3, -0.25) is 4.90 Å². The third-order valence-corrected chi connectivity index (χ3v) is 7.04. The summed E-state index contributed by atoms with van der Waals surface area (Å²) in [7, 11) is 0. The number of nitrogens with zero attached hydrogens (tertiary/aromatic N) is 3. The van der Waals surface area contributed by atoms with E-state index in [9.17, 15) is 4.39 Å². The standard InChI is InChI=1S/C22H28FN3O/c1-15-24-9-10-26(15)20-11-16-13-25(18-5-4-6-18)14-17(16)12-22(20)27-21-8-3-2-7-19(21)23/h2-3,7-10,16-18,20,22H,4-6,11-14H2,1H3/t16-,17+,20-,22-/m0/s1. The van der Waals surface area contributed by atoms with E-state index in [1.54, 1.807) is 12.1 Å². The first-order chi connectivity index (χ1) is 13.2. The molecule has 2 heterocycles. The molecule has 5 rings (SSSR count). The zero-order chi connectivity index (χ0) is 18.4. The topological polar surface area (TPSA) is 30.3 Å². The van der Waals surface area contributed by atoms with Crippen LogP contribution in [-0.4, -0.2) is 39.7 Å². The van der Waals surface area contributed by atoms with Crippen molar-refractivity contribution < 1.29 is 9.13 Å². The maximum absolute atomic E-state index is 14.2. The van der Waals surface area contributed by atoms with Crippen molar-refractivity contribution in [3.63, 3.8) is 0 Å². The molecule has 0 unspecified atom stereocenters. The van der Waals surface area contributed by atoms with Crippen LogP contribution in [0.2, 0.25) is 0 Å². The lowest BCUT2D eigenvalue weighted by Gasteiger charge is -2.39. The first-order valence-corrected chi connectivity index (χ1v) is 10.3. The number of aromatic nitrogens is 2. The van der Waals surface area contributed by atoms with Crippen LogP contribution in [0.5, 0.6) is 5.75 Å². The summed E-state index contributed by atoms with van der Waals surface area (Å²) in [5.41, 5.74) is 0. The molecule has 27 heavy (non-hydrogen) atoms. The number of hydrogen-bond acceptors (Lipinski definition) is 3. The molecule has 1 aromatic carbocycles. The minimum absolute atomic E-state index is 0.0163. The molecule has 144 valence electrons. The maximum Gasteiger partial charge on any atom is 0.165 e. The highest BCUT2D eigenvalue weighted by Crippen LogP contribution is 2.45. The van der Waals surface area contributed by atoms with Crippen molar-refractivity contribution >= 4 is 0 Å². The molecule has 0 N–H and O–H groups in total. The second kappa shape index (κ2) is 6.93. The number of hydrogen-bond donors (Lipinski definition) is 0. The fourth-order valence-electron chi connectivity index (χ4n) is 5.34. The minimum atomic E-state index is -0.275. The number of para-hydroxylation sites is 1. The lowest BCUT2D eigenvalue weighted by molar-refractivity contribution is 0.0509. The molecule has 0 amide bonds. The average molecular weight is 369 g/mol. The normalized spacial score (nSPS) is 31.5. The Kier molecular flexibility index (Phi) is 4.43. The third-order valence-electron chi connectivity index (χ3n) is 7.04. The van der Waals surface area contributed by atoms with Gasteiger partial charge in [0.15, 0.2) is 11.6 Å². The van der Waals surface area contributed by atoms with Gasteiger partial charge in [0.25, 0.3) is 0 Å². The average Bonchev–Trinajstić information content (AvgIpc) is 3.20. The predicted octanol–water partition coefficient (Wildman–Crippen LogP) is 4.21. The van der Waals surface area contributed by atoms with E-state index < -0.39 is 0 Å². The van der Waals surface area contributed by atoms with Gasteiger partial charge in [-0.25, -0.2) is 9.37 Å². The Balaban J connectivity index is 1.40. The van der Waals surface area contributed by atoms with E-state index in [0.717, 1.165) is 24.7 Å². The second-order valence-corrected chi connectivity index (χ2v) is 8.57. The maximum atomic E-state index is 14.2. The Bertz CT molecular complexity index is 802. The van der Waals surface area contributed by atoms with E-state index in [1.165, 1.54) is 38.4 Å². The van der Waals surface area contributed by atoms with Gasteiger partial charge >= 0.3 is 0 Å². The van der Waals surface area contributed by atoms with Crippen LogP contribution in [0.15, 0.2) is 36.7 Å². The SMILES string of the molecule is Cc1nccn1[C@H]1C[C@H]2CN(C3CCC3)C[C@H]2C[C@@H]1Oc1ccccc1F. The summed E-state index contributed by atoms with van der Waals surface area (Å²) in [6.45, 7) is 4.44. The summed E-state index contributed by atoms with van der Waals surface area (Å²) in [6.07, 6.45) is 10.1. The fourth-order valence-corrected chi connectivity index (χ4v) is 5.34. The van der Waals surface area contributed by atoms with E-state index in [2.05, 4.69) is 20.6 Å². The molecule has 2 aromatic rings. The molecule has 1 aromatic heterocycles. The van der Waals surface area contributed by atoms with Crippen molar-refractivity contribution in [2.24, 2.45) is 11.8 Å². The molecule has 2 aliphatic carbocycles. The van der Waals surface area contributed by atoms with Crippen LogP contribution in [0.25, 0.3) is 0 Å². The van der Waals surface area contributed by atoms with Crippen LogP contribution in [0.4, 0.5) is 4.39 Å². The van der Waals surface area contributed by atoms with Gasteiger partial charge in [0.1, 0.15) is 11.9 Å². The molecule has 3 aliphatic rings. The molecule has 3 fully saturated rings. The van der Waals surface area contributed by atoms with Crippen LogP contribution in [0.3, 0.4) is 0 Å². The van der Waals surface area contributed by atoms with Gasteiger partial charge in [-0.1, -0.05) is 18.6 Å². The largest absolute Gasteiger partial charge is 0.485 e. The highest BCUT2D eigenvalue weighted by atomic mass is 19.1. The molecule has 1 saturated heterocycles. The van der Waals surface area contributed by atoms with Gasteiger partial charge in [-0.15, -0.1) is 0 Å². The summed E-state index contributed by atoms with van der Waals surface area (Å²) >= 11 is 0. The Morgan fingerprint density at radius 3 is 2.56 bits per heavy atom. The van der Waals surface area contributed by atoms with Gasteiger partial charge < -0.3 is 9.30 Å². The van der Waals surface area contributed by atoms with Gasteiger partial charge in [0.05, 0.1) is 6.04 Å². The number of aryl methyl sites for hydroxylation is 1. The van der Waals surface area contributed by atoms with Crippen molar-refractivity contribution in [2.75, 3.05) is 13.1 Å². The number of ether oxygens (including phenoxy) is 1. The number of likely N-dealkylation sites (tertiary alicyclic amines) is 1. The molecular formula is C22H28FN3O. The smallest absolute Gasteiger partial charge is 0.165 e. The fraction of sp³-hybridized carbons (Fsp3) is 0.591. The van der Waals surface area contributed by atoms with E-state index >= 15 is 0 Å². The Labute approximate surface area is 160 Å². The summed E-state index contributed by atoms with van der Waals surface area (Å²) < 4.78 is 22.8. The van der Waals surface area contributed by atoms with Crippen molar-refractivity contribution in [1.82, 2.24) is 14.5 Å². The molecule has 0 bridgehead atoms. The monoisotopic (exact) mass is 369 g/mol. The van der Waals surface area contributed by atoms with Crippen molar-refractivity contribution in [2.45, 2.75) is 57.2 Å². The zero-order valence-corrected chi connectivity index (χ0v) is 15.9. The highest BCUT2D eigenvalue weighted by Gasteiger charge is 2.46. The van der Waals surface area contributed by atoms with Crippen LogP contribution >= 0.6 is 0 Å². The third kappa shape index (κ3) is 3.16. The van der Waals surface area contributed by atoms with E-state index in [4.69, 9.17) is 4.74 Å². The summed E-state index contributed by atoms with van der Waals surface area (Å²) in [6, 6.07) is 7.80. The second-order valence-electron chi connectivity index (χ2n) is 8.57. The lowest BCUT2D eigenvalue weighted by atomic mass is 9.77. The molecule has 2 saturated carbocycles. The van der Waals surface area contributed by atoms with E-state index in [-0.39, 0.29) is 18.0 Å². The van der Waals surface area contributed by atoms with E-state index in [0.29, 0.717) is 17.6 Å². The molecule has 0 radical (unpaired) electrons. The summed E-state index contributed by atoms with van der Waals surface area (Å²) in [5, 5.41) is 0. The van der Waals surface area contributed by atoms with Crippen molar-refractivity contribution in [3.05, 3.63) is 48.3 Å². The van der Waals surface area contributed by atoms with E-state index in [1.807, 2.05) is 19.2 Å². The van der Waals surface area contributed by atoms with Crippen molar-refractivity contribution in [3.8, 4) is 5.75 Å². The number of halogens is 1. The molecule has 5 heteroatoms.